The van der Waals surface area contributed by atoms with Gasteiger partial charge in [-0.15, -0.1) is 5.10 Å². The van der Waals surface area contributed by atoms with E-state index in [-0.39, 0.29) is 29.4 Å². The molecule has 0 saturated heterocycles. The summed E-state index contributed by atoms with van der Waals surface area (Å²) in [6, 6.07) is 26.0. The fraction of sp³-hybridized carbons (Fsp3) is 0.118. The third-order valence-electron chi connectivity index (χ3n) is 8.43. The number of nitriles is 1. The number of amides is 1. The van der Waals surface area contributed by atoms with Crippen molar-refractivity contribution in [3.05, 3.63) is 113 Å². The summed E-state index contributed by atoms with van der Waals surface area (Å²) in [4.78, 5) is 26.6. The van der Waals surface area contributed by atoms with Crippen molar-refractivity contribution in [3.63, 3.8) is 0 Å². The number of carbonyl (C=O) groups excluding carboxylic acids is 1. The van der Waals surface area contributed by atoms with Gasteiger partial charge in [0.2, 0.25) is 11.8 Å². The molecule has 0 bridgehead atoms. The highest BCUT2D eigenvalue weighted by atomic mass is 16.5. The molecule has 4 aromatic carbocycles. The lowest BCUT2D eigenvalue weighted by Crippen LogP contribution is -2.46. The SMILES string of the molecule is CCOc1ccccc1-n1nncc1CN1C(=O)C2(C(C#N)=C(N)Oc3c(N)cc4nc5ccccc5nc4c32)c2ccccc21. The van der Waals surface area contributed by atoms with Crippen molar-refractivity contribution < 1.29 is 14.3 Å². The Balaban J connectivity index is 1.38. The molecule has 0 aliphatic carbocycles. The molecule has 0 saturated carbocycles. The lowest BCUT2D eigenvalue weighted by atomic mass is 9.68. The number of ether oxygens (including phenoxy) is 2. The third-order valence-corrected chi connectivity index (χ3v) is 8.43. The molecule has 4 N–H and O–H groups in total. The number of nitrogens with zero attached hydrogens (tertiary/aromatic N) is 7. The van der Waals surface area contributed by atoms with Gasteiger partial charge in [0.25, 0.3) is 0 Å². The molecule has 2 aliphatic rings. The van der Waals surface area contributed by atoms with E-state index in [9.17, 15) is 5.26 Å². The Kier molecular flexibility index (Phi) is 5.91. The number of nitrogen functional groups attached to an aromatic ring is 1. The number of carbonyl (C=O) groups is 1. The first-order chi connectivity index (χ1) is 22.5. The first-order valence-corrected chi connectivity index (χ1v) is 14.6. The first kappa shape index (κ1) is 27.1. The Morgan fingerprint density at radius 2 is 1.67 bits per heavy atom. The zero-order valence-electron chi connectivity index (χ0n) is 24.5. The lowest BCUT2D eigenvalue weighted by molar-refractivity contribution is -0.121. The monoisotopic (exact) mass is 607 g/mol. The van der Waals surface area contributed by atoms with Gasteiger partial charge in [-0.3, -0.25) is 4.79 Å². The number of nitrogens with two attached hydrogens (primary N) is 2. The number of anilines is 2. The van der Waals surface area contributed by atoms with Gasteiger partial charge in [-0.2, -0.15) is 5.26 Å². The molecule has 1 atom stereocenters. The Labute approximate surface area is 262 Å². The van der Waals surface area contributed by atoms with Gasteiger partial charge in [0.15, 0.2) is 5.75 Å². The summed E-state index contributed by atoms with van der Waals surface area (Å²) in [7, 11) is 0. The number of benzene rings is 4. The molecule has 8 rings (SSSR count). The number of aromatic nitrogens is 5. The van der Waals surface area contributed by atoms with Gasteiger partial charge in [-0.25, -0.2) is 14.6 Å². The second kappa shape index (κ2) is 10.0. The molecule has 2 aliphatic heterocycles. The molecule has 4 heterocycles. The Morgan fingerprint density at radius 1 is 0.957 bits per heavy atom. The van der Waals surface area contributed by atoms with Crippen LogP contribution in [0.4, 0.5) is 11.4 Å². The molecule has 1 spiro atoms. The van der Waals surface area contributed by atoms with Crippen LogP contribution in [0.2, 0.25) is 0 Å². The Bertz CT molecular complexity index is 2320. The van der Waals surface area contributed by atoms with Crippen LogP contribution in [-0.2, 0) is 16.8 Å². The predicted molar refractivity (Wildman–Crippen MR) is 170 cm³/mol. The zero-order chi connectivity index (χ0) is 31.6. The van der Waals surface area contributed by atoms with Crippen LogP contribution >= 0.6 is 0 Å². The maximum Gasteiger partial charge on any atom is 0.248 e. The highest BCUT2D eigenvalue weighted by Crippen LogP contribution is 2.58. The van der Waals surface area contributed by atoms with E-state index < -0.39 is 11.3 Å². The highest BCUT2D eigenvalue weighted by molar-refractivity contribution is 6.16. The molecule has 12 heteroatoms. The molecular formula is C34H25N9O3. The topological polar surface area (TPSA) is 171 Å². The summed E-state index contributed by atoms with van der Waals surface area (Å²) in [6.45, 7) is 2.43. The van der Waals surface area contributed by atoms with Gasteiger partial charge in [0.1, 0.15) is 28.5 Å². The van der Waals surface area contributed by atoms with Crippen molar-refractivity contribution in [2.45, 2.75) is 18.9 Å². The number of hydrogen-bond acceptors (Lipinski definition) is 10. The van der Waals surface area contributed by atoms with Crippen molar-refractivity contribution in [2.24, 2.45) is 5.73 Å². The summed E-state index contributed by atoms with van der Waals surface area (Å²) < 4.78 is 13.5. The van der Waals surface area contributed by atoms with Crippen LogP contribution in [0.1, 0.15) is 23.7 Å². The van der Waals surface area contributed by atoms with Crippen LogP contribution in [0.5, 0.6) is 11.5 Å². The minimum atomic E-state index is -1.73. The third kappa shape index (κ3) is 3.62. The quantitative estimate of drug-likeness (QED) is 0.213. The molecule has 2 aromatic heterocycles. The van der Waals surface area contributed by atoms with Gasteiger partial charge in [-0.1, -0.05) is 47.7 Å². The number of fused-ring (bicyclic) bond motifs is 7. The van der Waals surface area contributed by atoms with Crippen molar-refractivity contribution in [3.8, 4) is 23.3 Å². The highest BCUT2D eigenvalue weighted by Gasteiger charge is 2.60. The Hall–Kier alpha value is -6.48. The van der Waals surface area contributed by atoms with E-state index in [0.717, 1.165) is 0 Å². The molecule has 0 fully saturated rings. The standard InChI is InChI=1S/C34H25N9O3/c1-2-45-28-14-8-7-13-27(28)43-19(17-38-41-43)18-42-26-12-6-3-9-20(26)34(33(42)44)21(16-35)32(37)46-31-22(36)15-25-30(29(31)34)40-24-11-5-4-10-23(24)39-25/h3-15,17H,2,18,36-37H2,1H3. The average molecular weight is 608 g/mol. The molecule has 1 amide bonds. The maximum absolute atomic E-state index is 15.2. The molecule has 6 aromatic rings. The van der Waals surface area contributed by atoms with Gasteiger partial charge in [-0.05, 0) is 43.3 Å². The first-order valence-electron chi connectivity index (χ1n) is 14.6. The van der Waals surface area contributed by atoms with Crippen molar-refractivity contribution in [1.29, 1.82) is 5.26 Å². The number of hydrogen-bond donors (Lipinski definition) is 2. The average Bonchev–Trinajstić information content (AvgIpc) is 3.62. The van der Waals surface area contributed by atoms with Crippen molar-refractivity contribution in [2.75, 3.05) is 17.2 Å². The molecular weight excluding hydrogens is 582 g/mol. The minimum Gasteiger partial charge on any atom is -0.492 e. The molecule has 12 nitrogen and oxygen atoms in total. The van der Waals surface area contributed by atoms with Crippen LogP contribution in [0, 0.1) is 11.3 Å². The van der Waals surface area contributed by atoms with Crippen molar-refractivity contribution in [1.82, 2.24) is 25.0 Å². The van der Waals surface area contributed by atoms with E-state index in [1.807, 2.05) is 79.7 Å². The van der Waals surface area contributed by atoms with Crippen LogP contribution in [0.3, 0.4) is 0 Å². The summed E-state index contributed by atoms with van der Waals surface area (Å²) in [5.74, 6) is 0.147. The molecule has 46 heavy (non-hydrogen) atoms. The van der Waals surface area contributed by atoms with Crippen LogP contribution in [-0.4, -0.2) is 37.5 Å². The molecule has 1 unspecified atom stereocenters. The Morgan fingerprint density at radius 3 is 2.46 bits per heavy atom. The normalized spacial score (nSPS) is 16.9. The van der Waals surface area contributed by atoms with E-state index >= 15 is 4.79 Å². The van der Waals surface area contributed by atoms with Crippen LogP contribution in [0.25, 0.3) is 27.8 Å². The minimum absolute atomic E-state index is 0.0601. The lowest BCUT2D eigenvalue weighted by Gasteiger charge is -2.35. The second-order valence-electron chi connectivity index (χ2n) is 10.9. The van der Waals surface area contributed by atoms with Gasteiger partial charge >= 0.3 is 0 Å². The summed E-state index contributed by atoms with van der Waals surface area (Å²) in [6.07, 6.45) is 1.60. The van der Waals surface area contributed by atoms with Gasteiger partial charge in [0.05, 0.1) is 58.4 Å². The van der Waals surface area contributed by atoms with E-state index in [1.54, 1.807) is 21.8 Å². The zero-order valence-corrected chi connectivity index (χ0v) is 24.5. The molecule has 0 radical (unpaired) electrons. The van der Waals surface area contributed by atoms with Crippen molar-refractivity contribution >= 4 is 39.3 Å². The second-order valence-corrected chi connectivity index (χ2v) is 10.9. The predicted octanol–water partition coefficient (Wildman–Crippen LogP) is 4.26. The maximum atomic E-state index is 15.2. The molecule has 224 valence electrons. The van der Waals surface area contributed by atoms with E-state index in [4.69, 9.17) is 30.9 Å². The van der Waals surface area contributed by atoms with Crippen LogP contribution in [0.15, 0.2) is 96.5 Å². The smallest absolute Gasteiger partial charge is 0.248 e. The fourth-order valence-corrected chi connectivity index (χ4v) is 6.56. The van der Waals surface area contributed by atoms with E-state index in [2.05, 4.69) is 16.4 Å². The summed E-state index contributed by atoms with van der Waals surface area (Å²) in [5.41, 5.74) is 16.3. The van der Waals surface area contributed by atoms with Gasteiger partial charge < -0.3 is 25.8 Å². The summed E-state index contributed by atoms with van der Waals surface area (Å²) in [5, 5.41) is 19.1. The fourth-order valence-electron chi connectivity index (χ4n) is 6.56. The van der Waals surface area contributed by atoms with E-state index in [1.165, 1.54) is 0 Å². The largest absolute Gasteiger partial charge is 0.492 e. The number of rotatable bonds is 5. The number of para-hydroxylation sites is 5. The van der Waals surface area contributed by atoms with E-state index in [0.29, 0.717) is 62.6 Å². The summed E-state index contributed by atoms with van der Waals surface area (Å²) >= 11 is 0. The van der Waals surface area contributed by atoms with Crippen LogP contribution < -0.4 is 25.8 Å². The van der Waals surface area contributed by atoms with Gasteiger partial charge in [0, 0.05) is 11.3 Å².